The Morgan fingerprint density at radius 2 is 1.95 bits per heavy atom. The van der Waals surface area contributed by atoms with Gasteiger partial charge in [-0.3, -0.25) is 0 Å². The third-order valence-electron chi connectivity index (χ3n) is 4.75. The number of carbonyl (C=O) groups excluding carboxylic acids is 1. The number of carbonyl (C=O) groups is 1. The van der Waals surface area contributed by atoms with Gasteiger partial charge < -0.3 is 14.7 Å². The molecule has 2 bridgehead atoms. The summed E-state index contributed by atoms with van der Waals surface area (Å²) in [4.78, 5) is 14.4. The Labute approximate surface area is 134 Å². The minimum atomic E-state index is -0.628. The first-order valence-electron chi connectivity index (χ1n) is 8.59. The zero-order valence-corrected chi connectivity index (χ0v) is 14.3. The van der Waals surface area contributed by atoms with Gasteiger partial charge in [0.1, 0.15) is 5.60 Å². The molecule has 0 radical (unpaired) electrons. The summed E-state index contributed by atoms with van der Waals surface area (Å²) in [5.41, 5.74) is -1.10. The lowest BCUT2D eigenvalue weighted by molar-refractivity contribution is -0.0962. The molecule has 1 N–H and O–H groups in total. The van der Waals surface area contributed by atoms with Crippen LogP contribution >= 0.6 is 0 Å². The first-order valence-corrected chi connectivity index (χ1v) is 8.59. The quantitative estimate of drug-likeness (QED) is 0.630. The molecule has 4 heteroatoms. The number of aliphatic hydroxyl groups is 1. The summed E-state index contributed by atoms with van der Waals surface area (Å²) in [6.45, 7) is 9.44. The molecule has 2 heterocycles. The second-order valence-electron chi connectivity index (χ2n) is 7.94. The van der Waals surface area contributed by atoms with Crippen LogP contribution in [0.5, 0.6) is 0 Å². The number of fused-ring (bicyclic) bond motifs is 2. The van der Waals surface area contributed by atoms with Crippen LogP contribution in [-0.2, 0) is 4.74 Å². The molecule has 0 aromatic carbocycles. The van der Waals surface area contributed by atoms with E-state index in [1.165, 1.54) is 0 Å². The summed E-state index contributed by atoms with van der Waals surface area (Å²) in [5, 5.41) is 10.9. The van der Waals surface area contributed by atoms with Crippen LogP contribution in [0, 0.1) is 0 Å². The second kappa shape index (κ2) is 6.61. The van der Waals surface area contributed by atoms with Crippen molar-refractivity contribution in [1.82, 2.24) is 4.90 Å². The first kappa shape index (κ1) is 17.3. The fraction of sp³-hybridized carbons (Fsp3) is 0.833. The number of unbranched alkanes of at least 4 members (excludes halogenated alkanes) is 1. The maximum Gasteiger partial charge on any atom is 0.410 e. The van der Waals surface area contributed by atoms with Crippen molar-refractivity contribution < 1.29 is 14.6 Å². The van der Waals surface area contributed by atoms with Gasteiger partial charge in [-0.05, 0) is 72.1 Å². The van der Waals surface area contributed by atoms with E-state index in [1.54, 1.807) is 0 Å². The molecule has 2 atom stereocenters. The van der Waals surface area contributed by atoms with Crippen molar-refractivity contribution in [3.63, 3.8) is 0 Å². The standard InChI is InChI=1S/C18H31NO3/c1-5-6-7-11-18(21)12-14-9-8-10-15(13-18)19(14)16(20)22-17(2,3)4/h5,14-15,21H,1,6-13H2,2-4H3. The molecule has 126 valence electrons. The molecule has 0 saturated carbocycles. The average molecular weight is 309 g/mol. The van der Waals surface area contributed by atoms with Gasteiger partial charge >= 0.3 is 6.09 Å². The molecule has 2 aliphatic rings. The lowest BCUT2D eigenvalue weighted by Gasteiger charge is -2.51. The van der Waals surface area contributed by atoms with Gasteiger partial charge in [0.05, 0.1) is 5.60 Å². The summed E-state index contributed by atoms with van der Waals surface area (Å²) in [6.07, 6.45) is 8.83. The minimum Gasteiger partial charge on any atom is -0.444 e. The number of rotatable bonds is 4. The summed E-state index contributed by atoms with van der Waals surface area (Å²) < 4.78 is 5.57. The molecule has 1 amide bonds. The highest BCUT2D eigenvalue weighted by molar-refractivity contribution is 5.69. The highest BCUT2D eigenvalue weighted by Gasteiger charge is 2.47. The number of ether oxygens (including phenoxy) is 1. The molecular weight excluding hydrogens is 278 g/mol. The van der Waals surface area contributed by atoms with Crippen LogP contribution in [-0.4, -0.2) is 39.4 Å². The van der Waals surface area contributed by atoms with Crippen LogP contribution in [0.1, 0.15) is 72.1 Å². The van der Waals surface area contributed by atoms with Crippen molar-refractivity contribution in [3.8, 4) is 0 Å². The van der Waals surface area contributed by atoms with Crippen LogP contribution in [0.25, 0.3) is 0 Å². The molecule has 0 aliphatic carbocycles. The van der Waals surface area contributed by atoms with Gasteiger partial charge in [0.2, 0.25) is 0 Å². The van der Waals surface area contributed by atoms with E-state index in [9.17, 15) is 9.90 Å². The van der Waals surface area contributed by atoms with Crippen molar-refractivity contribution in [3.05, 3.63) is 12.7 Å². The normalized spacial score (nSPS) is 31.7. The van der Waals surface area contributed by atoms with E-state index >= 15 is 0 Å². The highest BCUT2D eigenvalue weighted by atomic mass is 16.6. The fourth-order valence-corrected chi connectivity index (χ4v) is 3.92. The fourth-order valence-electron chi connectivity index (χ4n) is 3.92. The van der Waals surface area contributed by atoms with Crippen molar-refractivity contribution in [1.29, 1.82) is 0 Å². The average Bonchev–Trinajstić information content (AvgIpc) is 2.35. The maximum absolute atomic E-state index is 12.5. The van der Waals surface area contributed by atoms with Crippen molar-refractivity contribution in [2.75, 3.05) is 0 Å². The van der Waals surface area contributed by atoms with Gasteiger partial charge in [-0.25, -0.2) is 4.79 Å². The van der Waals surface area contributed by atoms with Crippen LogP contribution < -0.4 is 0 Å². The maximum atomic E-state index is 12.5. The van der Waals surface area contributed by atoms with Crippen LogP contribution in [0.4, 0.5) is 4.79 Å². The van der Waals surface area contributed by atoms with Gasteiger partial charge in [0, 0.05) is 12.1 Å². The van der Waals surface area contributed by atoms with E-state index in [1.807, 2.05) is 31.7 Å². The predicted molar refractivity (Wildman–Crippen MR) is 87.7 cm³/mol. The van der Waals surface area contributed by atoms with E-state index in [-0.39, 0.29) is 18.2 Å². The van der Waals surface area contributed by atoms with Gasteiger partial charge in [0.25, 0.3) is 0 Å². The lowest BCUT2D eigenvalue weighted by Crippen LogP contribution is -2.60. The molecule has 22 heavy (non-hydrogen) atoms. The first-order chi connectivity index (χ1) is 10.2. The molecule has 0 spiro atoms. The van der Waals surface area contributed by atoms with Gasteiger partial charge in [-0.15, -0.1) is 6.58 Å². The molecule has 4 nitrogen and oxygen atoms in total. The Morgan fingerprint density at radius 1 is 1.36 bits per heavy atom. The minimum absolute atomic E-state index is 0.121. The highest BCUT2D eigenvalue weighted by Crippen LogP contribution is 2.42. The van der Waals surface area contributed by atoms with Gasteiger partial charge in [-0.2, -0.15) is 0 Å². The third-order valence-corrected chi connectivity index (χ3v) is 4.75. The number of piperidine rings is 2. The Kier molecular flexibility index (Phi) is 5.21. The molecule has 2 rings (SSSR count). The number of nitrogens with zero attached hydrogens (tertiary/aromatic N) is 1. The molecule has 2 saturated heterocycles. The zero-order chi connectivity index (χ0) is 16.4. The van der Waals surface area contributed by atoms with Gasteiger partial charge in [-0.1, -0.05) is 6.08 Å². The molecule has 2 aliphatic heterocycles. The van der Waals surface area contributed by atoms with E-state index in [4.69, 9.17) is 4.74 Å². The largest absolute Gasteiger partial charge is 0.444 e. The molecule has 2 fully saturated rings. The van der Waals surface area contributed by atoms with E-state index in [0.717, 1.165) is 38.5 Å². The molecular formula is C18H31NO3. The van der Waals surface area contributed by atoms with Crippen LogP contribution in [0.15, 0.2) is 12.7 Å². The molecule has 0 aromatic rings. The van der Waals surface area contributed by atoms with Crippen molar-refractivity contribution in [2.24, 2.45) is 0 Å². The number of hydrogen-bond donors (Lipinski definition) is 1. The van der Waals surface area contributed by atoms with E-state index in [0.29, 0.717) is 12.8 Å². The van der Waals surface area contributed by atoms with E-state index < -0.39 is 11.2 Å². The topological polar surface area (TPSA) is 49.8 Å². The number of hydrogen-bond acceptors (Lipinski definition) is 3. The van der Waals surface area contributed by atoms with Crippen LogP contribution in [0.3, 0.4) is 0 Å². The lowest BCUT2D eigenvalue weighted by atomic mass is 9.74. The third kappa shape index (κ3) is 4.25. The summed E-state index contributed by atoms with van der Waals surface area (Å²) in [5.74, 6) is 0. The number of amides is 1. The zero-order valence-electron chi connectivity index (χ0n) is 14.3. The smallest absolute Gasteiger partial charge is 0.410 e. The molecule has 0 aromatic heterocycles. The monoisotopic (exact) mass is 309 g/mol. The van der Waals surface area contributed by atoms with Crippen LogP contribution in [0.2, 0.25) is 0 Å². The summed E-state index contributed by atoms with van der Waals surface area (Å²) in [6, 6.07) is 0.243. The Balaban J connectivity index is 2.04. The Bertz CT molecular complexity index is 399. The molecule has 2 unspecified atom stereocenters. The van der Waals surface area contributed by atoms with Gasteiger partial charge in [0.15, 0.2) is 0 Å². The SMILES string of the molecule is C=CCCCC1(O)CC2CCCC(C1)N2C(=O)OC(C)(C)C. The van der Waals surface area contributed by atoms with Crippen molar-refractivity contribution >= 4 is 6.09 Å². The summed E-state index contributed by atoms with van der Waals surface area (Å²) >= 11 is 0. The van der Waals surface area contributed by atoms with Crippen molar-refractivity contribution in [2.45, 2.75) is 95.4 Å². The predicted octanol–water partition coefficient (Wildman–Crippen LogP) is 4.03. The Morgan fingerprint density at radius 3 is 2.45 bits per heavy atom. The summed E-state index contributed by atoms with van der Waals surface area (Å²) in [7, 11) is 0. The second-order valence-corrected chi connectivity index (χ2v) is 7.94. The van der Waals surface area contributed by atoms with E-state index in [2.05, 4.69) is 6.58 Å². The number of allylic oxidation sites excluding steroid dienone is 1. The Hall–Kier alpha value is -1.03.